The molecule has 1 aromatic heterocycles. The van der Waals surface area contributed by atoms with E-state index in [9.17, 15) is 4.79 Å². The van der Waals surface area contributed by atoms with Gasteiger partial charge in [-0.15, -0.1) is 0 Å². The molecule has 0 unspecified atom stereocenters. The molecule has 1 aliphatic rings. The standard InChI is InChI=1S/C16H17Cl2N3O4/c17-11-1-2-13(12(18)7-11)24-9-14(22)19-8-15-20-16(21-25-15)10-3-5-23-6-4-10/h1-2,7,10H,3-6,8-9H2,(H,19,22). The summed E-state index contributed by atoms with van der Waals surface area (Å²) in [5.41, 5.74) is 0. The fraction of sp³-hybridized carbons (Fsp3) is 0.438. The summed E-state index contributed by atoms with van der Waals surface area (Å²) in [4.78, 5) is 16.2. The zero-order chi connectivity index (χ0) is 17.6. The predicted octanol–water partition coefficient (Wildman–Crippen LogP) is 2.97. The molecule has 7 nitrogen and oxygen atoms in total. The Balaban J connectivity index is 1.45. The van der Waals surface area contributed by atoms with Gasteiger partial charge in [-0.2, -0.15) is 4.98 Å². The maximum Gasteiger partial charge on any atom is 0.258 e. The first kappa shape index (κ1) is 18.0. The molecule has 0 radical (unpaired) electrons. The Morgan fingerprint density at radius 3 is 2.88 bits per heavy atom. The average Bonchev–Trinajstić information content (AvgIpc) is 3.09. The lowest BCUT2D eigenvalue weighted by Gasteiger charge is -2.18. The number of benzene rings is 1. The second-order valence-electron chi connectivity index (χ2n) is 5.57. The molecule has 1 N–H and O–H groups in total. The number of rotatable bonds is 6. The van der Waals surface area contributed by atoms with E-state index in [2.05, 4.69) is 15.5 Å². The Morgan fingerprint density at radius 1 is 1.32 bits per heavy atom. The smallest absolute Gasteiger partial charge is 0.258 e. The Kier molecular flexibility index (Phi) is 6.12. The molecule has 0 bridgehead atoms. The number of amides is 1. The van der Waals surface area contributed by atoms with Gasteiger partial charge in [0, 0.05) is 24.2 Å². The summed E-state index contributed by atoms with van der Waals surface area (Å²) >= 11 is 11.8. The molecule has 2 aromatic rings. The molecule has 1 amide bonds. The Hall–Kier alpha value is -1.83. The summed E-state index contributed by atoms with van der Waals surface area (Å²) in [6.07, 6.45) is 1.75. The lowest BCUT2D eigenvalue weighted by molar-refractivity contribution is -0.123. The third-order valence-electron chi connectivity index (χ3n) is 3.76. The summed E-state index contributed by atoms with van der Waals surface area (Å²) in [7, 11) is 0. The van der Waals surface area contributed by atoms with Crippen molar-refractivity contribution in [3.8, 4) is 5.75 Å². The summed E-state index contributed by atoms with van der Waals surface area (Å²) in [6, 6.07) is 4.79. The average molecular weight is 386 g/mol. The maximum atomic E-state index is 11.9. The van der Waals surface area contributed by atoms with E-state index < -0.39 is 0 Å². The van der Waals surface area contributed by atoms with Crippen LogP contribution in [0.25, 0.3) is 0 Å². The van der Waals surface area contributed by atoms with Gasteiger partial charge in [-0.25, -0.2) is 0 Å². The van der Waals surface area contributed by atoms with Crippen molar-refractivity contribution >= 4 is 29.1 Å². The molecular formula is C16H17Cl2N3O4. The lowest BCUT2D eigenvalue weighted by atomic mass is 10.00. The first-order valence-corrected chi connectivity index (χ1v) is 8.62. The number of carbonyl (C=O) groups is 1. The lowest BCUT2D eigenvalue weighted by Crippen LogP contribution is -2.28. The molecule has 3 rings (SSSR count). The highest BCUT2D eigenvalue weighted by Gasteiger charge is 2.21. The van der Waals surface area contributed by atoms with Crippen LogP contribution < -0.4 is 10.1 Å². The molecule has 1 aromatic carbocycles. The zero-order valence-corrected chi connectivity index (χ0v) is 14.8. The number of ether oxygens (including phenoxy) is 2. The molecule has 25 heavy (non-hydrogen) atoms. The van der Waals surface area contributed by atoms with Gasteiger partial charge in [0.2, 0.25) is 5.89 Å². The van der Waals surface area contributed by atoms with Gasteiger partial charge in [0.05, 0.1) is 11.6 Å². The van der Waals surface area contributed by atoms with Crippen LogP contribution in [0, 0.1) is 0 Å². The van der Waals surface area contributed by atoms with E-state index in [4.69, 9.17) is 37.2 Å². The molecular weight excluding hydrogens is 369 g/mol. The van der Waals surface area contributed by atoms with Crippen molar-refractivity contribution in [3.63, 3.8) is 0 Å². The topological polar surface area (TPSA) is 86.5 Å². The SMILES string of the molecule is O=C(COc1ccc(Cl)cc1Cl)NCc1nc(C2CCOCC2)no1. The van der Waals surface area contributed by atoms with Crippen molar-refractivity contribution in [2.75, 3.05) is 19.8 Å². The molecule has 0 spiro atoms. The Labute approximate surface area is 154 Å². The number of hydrogen-bond donors (Lipinski definition) is 1. The van der Waals surface area contributed by atoms with E-state index in [1.54, 1.807) is 18.2 Å². The van der Waals surface area contributed by atoms with Crippen molar-refractivity contribution in [2.45, 2.75) is 25.3 Å². The van der Waals surface area contributed by atoms with Crippen LogP contribution >= 0.6 is 23.2 Å². The number of hydrogen-bond acceptors (Lipinski definition) is 6. The van der Waals surface area contributed by atoms with Crippen molar-refractivity contribution in [1.82, 2.24) is 15.5 Å². The molecule has 9 heteroatoms. The molecule has 0 saturated carbocycles. The van der Waals surface area contributed by atoms with Crippen LogP contribution in [0.4, 0.5) is 0 Å². The van der Waals surface area contributed by atoms with Gasteiger partial charge in [-0.3, -0.25) is 4.79 Å². The van der Waals surface area contributed by atoms with Crippen molar-refractivity contribution in [2.24, 2.45) is 0 Å². The third kappa shape index (κ3) is 5.07. The van der Waals surface area contributed by atoms with Gasteiger partial charge in [-0.05, 0) is 31.0 Å². The normalized spacial score (nSPS) is 15.1. The second kappa shape index (κ2) is 8.51. The summed E-state index contributed by atoms with van der Waals surface area (Å²) in [6.45, 7) is 1.38. The summed E-state index contributed by atoms with van der Waals surface area (Å²) < 4.78 is 15.8. The third-order valence-corrected chi connectivity index (χ3v) is 4.29. The predicted molar refractivity (Wildman–Crippen MR) is 90.9 cm³/mol. The van der Waals surface area contributed by atoms with Crippen molar-refractivity contribution in [1.29, 1.82) is 0 Å². The number of aromatic nitrogens is 2. The van der Waals surface area contributed by atoms with E-state index in [0.717, 1.165) is 12.8 Å². The Bertz CT molecular complexity index is 732. The van der Waals surface area contributed by atoms with Gasteiger partial charge >= 0.3 is 0 Å². The van der Waals surface area contributed by atoms with Crippen LogP contribution in [0.1, 0.15) is 30.5 Å². The quantitative estimate of drug-likeness (QED) is 0.822. The van der Waals surface area contributed by atoms with Crippen LogP contribution in [-0.4, -0.2) is 35.9 Å². The molecule has 2 heterocycles. The van der Waals surface area contributed by atoms with Gasteiger partial charge in [0.25, 0.3) is 5.91 Å². The first-order chi connectivity index (χ1) is 12.1. The van der Waals surface area contributed by atoms with E-state index in [-0.39, 0.29) is 25.0 Å². The van der Waals surface area contributed by atoms with Crippen LogP contribution in [0.15, 0.2) is 22.7 Å². The Morgan fingerprint density at radius 2 is 2.12 bits per heavy atom. The summed E-state index contributed by atoms with van der Waals surface area (Å²) in [5.74, 6) is 1.34. The minimum atomic E-state index is -0.322. The highest BCUT2D eigenvalue weighted by Crippen LogP contribution is 2.27. The fourth-order valence-electron chi connectivity index (χ4n) is 2.42. The van der Waals surface area contributed by atoms with Crippen LogP contribution in [-0.2, 0) is 16.1 Å². The van der Waals surface area contributed by atoms with Crippen LogP contribution in [0.5, 0.6) is 5.75 Å². The fourth-order valence-corrected chi connectivity index (χ4v) is 2.89. The molecule has 1 fully saturated rings. The van der Waals surface area contributed by atoms with E-state index in [1.165, 1.54) is 0 Å². The van der Waals surface area contributed by atoms with E-state index in [1.807, 2.05) is 0 Å². The monoisotopic (exact) mass is 385 g/mol. The number of carbonyl (C=O) groups excluding carboxylic acids is 1. The first-order valence-electron chi connectivity index (χ1n) is 7.86. The van der Waals surface area contributed by atoms with Crippen molar-refractivity contribution < 1.29 is 18.8 Å². The van der Waals surface area contributed by atoms with Gasteiger partial charge in [0.1, 0.15) is 5.75 Å². The molecule has 1 aliphatic heterocycles. The molecule has 134 valence electrons. The van der Waals surface area contributed by atoms with Crippen molar-refractivity contribution in [3.05, 3.63) is 40.0 Å². The molecule has 0 aliphatic carbocycles. The maximum absolute atomic E-state index is 11.9. The number of nitrogens with one attached hydrogen (secondary N) is 1. The number of nitrogens with zero attached hydrogens (tertiary/aromatic N) is 2. The zero-order valence-electron chi connectivity index (χ0n) is 13.3. The minimum absolute atomic E-state index is 0.146. The van der Waals surface area contributed by atoms with E-state index >= 15 is 0 Å². The second-order valence-corrected chi connectivity index (χ2v) is 6.42. The minimum Gasteiger partial charge on any atom is -0.482 e. The van der Waals surface area contributed by atoms with E-state index in [0.29, 0.717) is 40.7 Å². The highest BCUT2D eigenvalue weighted by molar-refractivity contribution is 6.35. The summed E-state index contributed by atoms with van der Waals surface area (Å²) in [5, 5.41) is 7.48. The molecule has 1 saturated heterocycles. The van der Waals surface area contributed by atoms with Gasteiger partial charge < -0.3 is 19.3 Å². The number of halogens is 2. The van der Waals surface area contributed by atoms with Gasteiger partial charge in [0.15, 0.2) is 12.4 Å². The molecule has 0 atom stereocenters. The highest BCUT2D eigenvalue weighted by atomic mass is 35.5. The van der Waals surface area contributed by atoms with Crippen LogP contribution in [0.3, 0.4) is 0 Å². The largest absolute Gasteiger partial charge is 0.482 e. The van der Waals surface area contributed by atoms with Gasteiger partial charge in [-0.1, -0.05) is 28.4 Å². The van der Waals surface area contributed by atoms with Crippen LogP contribution in [0.2, 0.25) is 10.0 Å².